The molecule has 0 amide bonds. The molecule has 0 radical (unpaired) electrons. The molecule has 0 aromatic carbocycles. The number of ether oxygens (including phenoxy) is 1. The highest BCUT2D eigenvalue weighted by atomic mass is 16.5. The van der Waals surface area contributed by atoms with Crippen LogP contribution < -0.4 is 5.32 Å². The van der Waals surface area contributed by atoms with Gasteiger partial charge in [-0.1, -0.05) is 12.8 Å². The van der Waals surface area contributed by atoms with Gasteiger partial charge in [0.15, 0.2) is 0 Å². The maximum atomic E-state index is 9.79. The molecule has 88 valence electrons. The predicted molar refractivity (Wildman–Crippen MR) is 59.8 cm³/mol. The summed E-state index contributed by atoms with van der Waals surface area (Å²) in [5.74, 6) is 0. The first kappa shape index (κ1) is 11.4. The minimum absolute atomic E-state index is 0.141. The Morgan fingerprint density at radius 2 is 2.00 bits per heavy atom. The van der Waals surface area contributed by atoms with Gasteiger partial charge in [0.2, 0.25) is 0 Å². The zero-order valence-corrected chi connectivity index (χ0v) is 9.61. The molecule has 2 fully saturated rings. The van der Waals surface area contributed by atoms with Gasteiger partial charge in [-0.15, -0.1) is 0 Å². The van der Waals surface area contributed by atoms with Crippen LogP contribution in [0.5, 0.6) is 0 Å². The van der Waals surface area contributed by atoms with Crippen molar-refractivity contribution in [2.75, 3.05) is 6.54 Å². The third-order valence-electron chi connectivity index (χ3n) is 3.66. The van der Waals surface area contributed by atoms with Crippen LogP contribution in [0.1, 0.15) is 45.4 Å². The second-order valence-corrected chi connectivity index (χ2v) is 5.01. The first-order valence-electron chi connectivity index (χ1n) is 6.32. The van der Waals surface area contributed by atoms with Crippen LogP contribution in [-0.2, 0) is 4.74 Å². The summed E-state index contributed by atoms with van der Waals surface area (Å²) in [7, 11) is 0. The molecular formula is C12H23NO2. The molecule has 2 N–H and O–H groups in total. The molecular weight excluding hydrogens is 190 g/mol. The van der Waals surface area contributed by atoms with Gasteiger partial charge in [0.25, 0.3) is 0 Å². The molecule has 2 aliphatic rings. The van der Waals surface area contributed by atoms with Crippen molar-refractivity contribution >= 4 is 0 Å². The Bertz CT molecular complexity index is 198. The van der Waals surface area contributed by atoms with E-state index >= 15 is 0 Å². The zero-order valence-electron chi connectivity index (χ0n) is 9.61. The fourth-order valence-electron chi connectivity index (χ4n) is 2.67. The summed E-state index contributed by atoms with van der Waals surface area (Å²) in [5.41, 5.74) is 0. The fraction of sp³-hybridized carbons (Fsp3) is 1.00. The van der Waals surface area contributed by atoms with Crippen molar-refractivity contribution < 1.29 is 9.84 Å². The number of aliphatic hydroxyl groups excluding tert-OH is 1. The number of aliphatic hydroxyl groups is 1. The summed E-state index contributed by atoms with van der Waals surface area (Å²) in [4.78, 5) is 0. The van der Waals surface area contributed by atoms with E-state index in [0.717, 1.165) is 25.8 Å². The second kappa shape index (κ2) is 5.28. The number of rotatable bonds is 3. The van der Waals surface area contributed by atoms with E-state index in [4.69, 9.17) is 4.74 Å². The Labute approximate surface area is 92.2 Å². The highest BCUT2D eigenvalue weighted by Crippen LogP contribution is 2.21. The zero-order chi connectivity index (χ0) is 10.7. The van der Waals surface area contributed by atoms with Crippen molar-refractivity contribution in [2.24, 2.45) is 0 Å². The molecule has 4 unspecified atom stereocenters. The van der Waals surface area contributed by atoms with Gasteiger partial charge in [0.1, 0.15) is 0 Å². The number of hydrogen-bond acceptors (Lipinski definition) is 3. The monoisotopic (exact) mass is 213 g/mol. The highest BCUT2D eigenvalue weighted by molar-refractivity contribution is 4.82. The van der Waals surface area contributed by atoms with Gasteiger partial charge >= 0.3 is 0 Å². The maximum absolute atomic E-state index is 9.79. The standard InChI is InChI=1S/C12H23NO2/c1-9-6-7-10(15-9)8-13-11-4-2-3-5-12(11)14/h9-14H,2-8H2,1H3. The summed E-state index contributed by atoms with van der Waals surface area (Å²) in [6.45, 7) is 3.04. The van der Waals surface area contributed by atoms with Crippen LogP contribution in [0.2, 0.25) is 0 Å². The van der Waals surface area contributed by atoms with Crippen LogP contribution in [0.15, 0.2) is 0 Å². The summed E-state index contributed by atoms with van der Waals surface area (Å²) in [6.07, 6.45) is 7.49. The molecule has 1 saturated heterocycles. The molecule has 3 nitrogen and oxygen atoms in total. The SMILES string of the molecule is CC1CCC(CNC2CCCCC2O)O1. The van der Waals surface area contributed by atoms with Crippen LogP contribution in [0, 0.1) is 0 Å². The quantitative estimate of drug-likeness (QED) is 0.745. The largest absolute Gasteiger partial charge is 0.392 e. The van der Waals surface area contributed by atoms with Crippen LogP contribution in [0.3, 0.4) is 0 Å². The Hall–Kier alpha value is -0.120. The van der Waals surface area contributed by atoms with Crippen LogP contribution in [0.4, 0.5) is 0 Å². The second-order valence-electron chi connectivity index (χ2n) is 5.01. The van der Waals surface area contributed by atoms with Gasteiger partial charge < -0.3 is 15.2 Å². The number of hydrogen-bond donors (Lipinski definition) is 2. The van der Waals surface area contributed by atoms with E-state index < -0.39 is 0 Å². The lowest BCUT2D eigenvalue weighted by Crippen LogP contribution is -2.44. The molecule has 1 aliphatic heterocycles. The van der Waals surface area contributed by atoms with Crippen molar-refractivity contribution in [2.45, 2.75) is 69.8 Å². The van der Waals surface area contributed by atoms with Crippen molar-refractivity contribution in [3.05, 3.63) is 0 Å². The molecule has 2 rings (SSSR count). The maximum Gasteiger partial charge on any atom is 0.0704 e. The van der Waals surface area contributed by atoms with E-state index in [9.17, 15) is 5.11 Å². The van der Waals surface area contributed by atoms with Gasteiger partial charge in [0, 0.05) is 12.6 Å². The summed E-state index contributed by atoms with van der Waals surface area (Å²) in [6, 6.07) is 0.304. The average molecular weight is 213 g/mol. The Morgan fingerprint density at radius 3 is 2.67 bits per heavy atom. The highest BCUT2D eigenvalue weighted by Gasteiger charge is 2.26. The normalized spacial score (nSPS) is 42.0. The van der Waals surface area contributed by atoms with E-state index in [0.29, 0.717) is 18.2 Å². The average Bonchev–Trinajstić information content (AvgIpc) is 2.63. The van der Waals surface area contributed by atoms with Crippen molar-refractivity contribution in [3.8, 4) is 0 Å². The molecule has 3 heteroatoms. The minimum atomic E-state index is -0.141. The number of nitrogens with one attached hydrogen (secondary N) is 1. The van der Waals surface area contributed by atoms with E-state index in [1.54, 1.807) is 0 Å². The summed E-state index contributed by atoms with van der Waals surface area (Å²) < 4.78 is 5.74. The lowest BCUT2D eigenvalue weighted by Gasteiger charge is -2.29. The first-order chi connectivity index (χ1) is 7.25. The molecule has 1 heterocycles. The Balaban J connectivity index is 1.68. The molecule has 4 atom stereocenters. The van der Waals surface area contributed by atoms with Gasteiger partial charge in [-0.25, -0.2) is 0 Å². The summed E-state index contributed by atoms with van der Waals surface area (Å²) >= 11 is 0. The van der Waals surface area contributed by atoms with E-state index in [-0.39, 0.29) is 6.10 Å². The van der Waals surface area contributed by atoms with Crippen LogP contribution in [-0.4, -0.2) is 36.0 Å². The Kier molecular flexibility index (Phi) is 4.00. The molecule has 0 aromatic heterocycles. The lowest BCUT2D eigenvalue weighted by atomic mass is 9.92. The van der Waals surface area contributed by atoms with E-state index in [2.05, 4.69) is 12.2 Å². The Morgan fingerprint density at radius 1 is 1.20 bits per heavy atom. The van der Waals surface area contributed by atoms with Gasteiger partial charge in [-0.2, -0.15) is 0 Å². The molecule has 15 heavy (non-hydrogen) atoms. The molecule has 0 spiro atoms. The van der Waals surface area contributed by atoms with Crippen molar-refractivity contribution in [3.63, 3.8) is 0 Å². The van der Waals surface area contributed by atoms with Gasteiger partial charge in [0.05, 0.1) is 18.3 Å². The van der Waals surface area contributed by atoms with Crippen LogP contribution in [0.25, 0.3) is 0 Å². The fourth-order valence-corrected chi connectivity index (χ4v) is 2.67. The van der Waals surface area contributed by atoms with Crippen LogP contribution >= 0.6 is 0 Å². The van der Waals surface area contributed by atoms with Crippen molar-refractivity contribution in [1.29, 1.82) is 0 Å². The van der Waals surface area contributed by atoms with Gasteiger partial charge in [-0.3, -0.25) is 0 Å². The topological polar surface area (TPSA) is 41.5 Å². The van der Waals surface area contributed by atoms with E-state index in [1.165, 1.54) is 19.3 Å². The lowest BCUT2D eigenvalue weighted by molar-refractivity contribution is 0.0419. The smallest absolute Gasteiger partial charge is 0.0704 e. The third-order valence-corrected chi connectivity index (χ3v) is 3.66. The first-order valence-corrected chi connectivity index (χ1v) is 6.32. The van der Waals surface area contributed by atoms with Crippen molar-refractivity contribution in [1.82, 2.24) is 5.32 Å². The molecule has 1 aliphatic carbocycles. The molecule has 0 bridgehead atoms. The van der Waals surface area contributed by atoms with E-state index in [1.807, 2.05) is 0 Å². The predicted octanol–water partition coefficient (Wildman–Crippen LogP) is 1.45. The molecule has 1 saturated carbocycles. The summed E-state index contributed by atoms with van der Waals surface area (Å²) in [5, 5.41) is 13.3. The molecule has 0 aromatic rings. The van der Waals surface area contributed by atoms with Gasteiger partial charge in [-0.05, 0) is 32.6 Å². The third kappa shape index (κ3) is 3.16. The minimum Gasteiger partial charge on any atom is -0.392 e.